The van der Waals surface area contributed by atoms with Crippen molar-refractivity contribution < 1.29 is 18.9 Å². The van der Waals surface area contributed by atoms with E-state index in [9.17, 15) is 14.4 Å². The molecule has 1 aliphatic carbocycles. The van der Waals surface area contributed by atoms with Crippen LogP contribution in [-0.4, -0.2) is 34.8 Å². The number of ketones is 2. The van der Waals surface area contributed by atoms with Gasteiger partial charge >= 0.3 is 0 Å². The molecule has 0 saturated heterocycles. The zero-order valence-electron chi connectivity index (χ0n) is 15.7. The largest absolute Gasteiger partial charge is 0.381 e. The number of imidazole rings is 1. The first-order valence-electron chi connectivity index (χ1n) is 9.01. The molecule has 142 valence electrons. The van der Waals surface area contributed by atoms with E-state index < -0.39 is 0 Å². The molecule has 0 fully saturated rings. The van der Waals surface area contributed by atoms with Crippen molar-refractivity contribution in [2.45, 2.75) is 20.0 Å². The minimum atomic E-state index is -0.220. The summed E-state index contributed by atoms with van der Waals surface area (Å²) in [5.74, 6) is 0.321. The lowest BCUT2D eigenvalue weighted by atomic mass is 9.90. The zero-order chi connectivity index (χ0) is 19.8. The highest BCUT2D eigenvalue weighted by Gasteiger charge is 2.42. The maximum Gasteiger partial charge on any atom is 0.255 e. The van der Waals surface area contributed by atoms with Gasteiger partial charge in [-0.25, -0.2) is 9.13 Å². The summed E-state index contributed by atoms with van der Waals surface area (Å²) in [6, 6.07) is 10.3. The van der Waals surface area contributed by atoms with Gasteiger partial charge in [-0.2, -0.15) is 0 Å². The molecule has 0 radical (unpaired) electrons. The molecule has 4 rings (SSSR count). The van der Waals surface area contributed by atoms with Gasteiger partial charge in [0.2, 0.25) is 23.0 Å². The number of nitrogens with one attached hydrogen (secondary N) is 1. The average Bonchev–Trinajstić information content (AvgIpc) is 2.98. The second-order valence-corrected chi connectivity index (χ2v) is 6.70. The fourth-order valence-electron chi connectivity index (χ4n) is 3.72. The lowest BCUT2D eigenvalue weighted by Gasteiger charge is -2.12. The Kier molecular flexibility index (Phi) is 4.52. The van der Waals surface area contributed by atoms with Crippen molar-refractivity contribution >= 4 is 11.6 Å². The molecular weight excluding hydrogens is 358 g/mol. The Bertz CT molecular complexity index is 1160. The summed E-state index contributed by atoms with van der Waals surface area (Å²) < 4.78 is 8.76. The van der Waals surface area contributed by atoms with Gasteiger partial charge in [0, 0.05) is 31.4 Å². The molecule has 0 amide bonds. The van der Waals surface area contributed by atoms with Crippen LogP contribution < -0.4 is 10.1 Å². The van der Waals surface area contributed by atoms with Crippen LogP contribution in [0.15, 0.2) is 47.4 Å². The molecule has 1 aliphatic rings. The van der Waals surface area contributed by atoms with Gasteiger partial charge in [-0.3, -0.25) is 14.4 Å². The SMILES string of the molecule is COCCn1c2c([n+](Cc3ccc[nH]c3=O)c1C)C(=O)c1ccccc1C2=O. The predicted octanol–water partition coefficient (Wildman–Crippen LogP) is 1.24. The smallest absolute Gasteiger partial charge is 0.255 e. The van der Waals surface area contributed by atoms with Crippen LogP contribution in [-0.2, 0) is 17.8 Å². The van der Waals surface area contributed by atoms with Crippen LogP contribution in [0.2, 0.25) is 0 Å². The number of pyridine rings is 1. The lowest BCUT2D eigenvalue weighted by Crippen LogP contribution is -2.45. The highest BCUT2D eigenvalue weighted by molar-refractivity contribution is 6.26. The second kappa shape index (κ2) is 7.01. The number of ether oxygens (including phenoxy) is 1. The number of benzene rings is 1. The highest BCUT2D eigenvalue weighted by atomic mass is 16.5. The molecule has 1 aromatic carbocycles. The fraction of sp³-hybridized carbons (Fsp3) is 0.238. The van der Waals surface area contributed by atoms with Crippen molar-refractivity contribution in [3.8, 4) is 0 Å². The molecule has 0 atom stereocenters. The van der Waals surface area contributed by atoms with Crippen molar-refractivity contribution in [1.29, 1.82) is 0 Å². The third-order valence-corrected chi connectivity index (χ3v) is 5.14. The molecule has 7 heteroatoms. The molecule has 0 spiro atoms. The van der Waals surface area contributed by atoms with E-state index in [-0.39, 0.29) is 23.7 Å². The van der Waals surface area contributed by atoms with E-state index in [2.05, 4.69) is 4.98 Å². The van der Waals surface area contributed by atoms with E-state index >= 15 is 0 Å². The van der Waals surface area contributed by atoms with Gasteiger partial charge in [0.25, 0.3) is 11.4 Å². The second-order valence-electron chi connectivity index (χ2n) is 6.70. The molecule has 3 aromatic rings. The van der Waals surface area contributed by atoms with Gasteiger partial charge in [0.05, 0.1) is 12.2 Å². The van der Waals surface area contributed by atoms with E-state index in [1.807, 2.05) is 11.5 Å². The summed E-state index contributed by atoms with van der Waals surface area (Å²) in [6.07, 6.45) is 1.56. The van der Waals surface area contributed by atoms with Gasteiger partial charge in [0.15, 0.2) is 0 Å². The number of carbonyl (C=O) groups is 2. The minimum absolute atomic E-state index is 0.190. The number of nitrogens with zero attached hydrogens (tertiary/aromatic N) is 2. The number of fused-ring (bicyclic) bond motifs is 2. The van der Waals surface area contributed by atoms with Crippen molar-refractivity contribution in [2.24, 2.45) is 0 Å². The summed E-state index contributed by atoms with van der Waals surface area (Å²) in [5, 5.41) is 0. The molecule has 2 aromatic heterocycles. The maximum atomic E-state index is 13.3. The Labute approximate surface area is 161 Å². The number of aromatic amines is 1. The number of hydrogen-bond acceptors (Lipinski definition) is 4. The molecule has 0 unspecified atom stereocenters. The van der Waals surface area contributed by atoms with Crippen molar-refractivity contribution in [3.63, 3.8) is 0 Å². The monoisotopic (exact) mass is 378 g/mol. The predicted molar refractivity (Wildman–Crippen MR) is 101 cm³/mol. The average molecular weight is 378 g/mol. The van der Waals surface area contributed by atoms with Crippen LogP contribution in [0.5, 0.6) is 0 Å². The van der Waals surface area contributed by atoms with Gasteiger partial charge in [0.1, 0.15) is 13.1 Å². The Balaban J connectivity index is 1.94. The fourth-order valence-corrected chi connectivity index (χ4v) is 3.72. The minimum Gasteiger partial charge on any atom is -0.381 e. The molecule has 0 bridgehead atoms. The van der Waals surface area contributed by atoms with Crippen molar-refractivity contribution in [1.82, 2.24) is 9.55 Å². The third kappa shape index (κ3) is 2.71. The topological polar surface area (TPSA) is 85.0 Å². The van der Waals surface area contributed by atoms with Crippen molar-refractivity contribution in [2.75, 3.05) is 13.7 Å². The molecule has 1 N–H and O–H groups in total. The molecule has 0 saturated carbocycles. The van der Waals surface area contributed by atoms with Crippen LogP contribution in [0.4, 0.5) is 0 Å². The third-order valence-electron chi connectivity index (χ3n) is 5.14. The van der Waals surface area contributed by atoms with Gasteiger partial charge in [-0.15, -0.1) is 0 Å². The first kappa shape index (κ1) is 18.1. The zero-order valence-corrected chi connectivity index (χ0v) is 15.7. The van der Waals surface area contributed by atoms with Gasteiger partial charge < -0.3 is 9.72 Å². The summed E-state index contributed by atoms with van der Waals surface area (Å²) in [4.78, 5) is 41.3. The normalized spacial score (nSPS) is 12.8. The lowest BCUT2D eigenvalue weighted by molar-refractivity contribution is -0.695. The van der Waals surface area contributed by atoms with Crippen LogP contribution in [0.25, 0.3) is 0 Å². The highest BCUT2D eigenvalue weighted by Crippen LogP contribution is 2.27. The van der Waals surface area contributed by atoms with Crippen molar-refractivity contribution in [3.05, 3.63) is 86.9 Å². The molecule has 0 aliphatic heterocycles. The first-order chi connectivity index (χ1) is 13.5. The number of rotatable bonds is 5. The van der Waals surface area contributed by atoms with E-state index in [1.54, 1.807) is 54.3 Å². The Morgan fingerprint density at radius 1 is 1.04 bits per heavy atom. The Morgan fingerprint density at radius 2 is 1.75 bits per heavy atom. The van der Waals surface area contributed by atoms with Crippen LogP contribution in [0.3, 0.4) is 0 Å². The van der Waals surface area contributed by atoms with Crippen LogP contribution >= 0.6 is 0 Å². The summed E-state index contributed by atoms with van der Waals surface area (Å²) >= 11 is 0. The van der Waals surface area contributed by atoms with Crippen LogP contribution in [0, 0.1) is 6.92 Å². The van der Waals surface area contributed by atoms with Gasteiger partial charge in [-0.05, 0) is 12.1 Å². The number of carbonyl (C=O) groups excluding carboxylic acids is 2. The van der Waals surface area contributed by atoms with E-state index in [1.165, 1.54) is 0 Å². The molecular formula is C21H20N3O4+. The van der Waals surface area contributed by atoms with Gasteiger partial charge in [-0.1, -0.05) is 24.3 Å². The maximum absolute atomic E-state index is 13.3. The quantitative estimate of drug-likeness (QED) is 0.530. The summed E-state index contributed by atoms with van der Waals surface area (Å²) in [7, 11) is 1.59. The summed E-state index contributed by atoms with van der Waals surface area (Å²) in [6.45, 7) is 2.88. The van der Waals surface area contributed by atoms with E-state index in [0.29, 0.717) is 41.2 Å². The van der Waals surface area contributed by atoms with E-state index in [4.69, 9.17) is 4.74 Å². The standard InChI is InChI=1S/C21H19N3O4/c1-13-23(10-11-28-2)17-18(24(13)12-14-6-5-9-22-21(14)27)20(26)16-8-4-3-7-15(16)19(17)25/h3-9H,10-12H2,1-2H3/p+1. The number of methoxy groups -OCH3 is 1. The number of H-pyrrole nitrogens is 1. The Morgan fingerprint density at radius 3 is 2.43 bits per heavy atom. The summed E-state index contributed by atoms with van der Waals surface area (Å²) in [5.41, 5.74) is 1.76. The number of aromatic nitrogens is 3. The molecule has 28 heavy (non-hydrogen) atoms. The molecule has 2 heterocycles. The number of hydrogen-bond donors (Lipinski definition) is 1. The van der Waals surface area contributed by atoms with Crippen LogP contribution in [0.1, 0.15) is 43.5 Å². The Hall–Kier alpha value is -3.32. The first-order valence-corrected chi connectivity index (χ1v) is 9.01. The molecule has 7 nitrogen and oxygen atoms in total. The van der Waals surface area contributed by atoms with E-state index in [0.717, 1.165) is 5.82 Å².